The maximum Gasteiger partial charge on any atom is 0.410 e. The number of ketones is 1. The summed E-state index contributed by atoms with van der Waals surface area (Å²) in [4.78, 5) is 39.6. The first-order chi connectivity index (χ1) is 9.67. The zero-order valence-corrected chi connectivity index (χ0v) is 12.8. The van der Waals surface area contributed by atoms with E-state index in [0.29, 0.717) is 19.5 Å². The molecule has 0 unspecified atom stereocenters. The Labute approximate surface area is 123 Å². The van der Waals surface area contributed by atoms with E-state index in [9.17, 15) is 14.4 Å². The fraction of sp³-hybridized carbons (Fsp3) is 0.533. The Morgan fingerprint density at radius 3 is 2.57 bits per heavy atom. The molecule has 0 aromatic carbocycles. The van der Waals surface area contributed by atoms with Crippen molar-refractivity contribution in [2.45, 2.75) is 46.3 Å². The topological polar surface area (TPSA) is 79.5 Å². The van der Waals surface area contributed by atoms with Crippen LogP contribution in [0.5, 0.6) is 0 Å². The molecule has 2 rings (SSSR count). The van der Waals surface area contributed by atoms with Crippen LogP contribution in [0.25, 0.3) is 0 Å². The number of nitrogens with zero attached hydrogens (tertiary/aromatic N) is 1. The normalized spacial score (nSPS) is 14.6. The lowest BCUT2D eigenvalue weighted by Crippen LogP contribution is -2.40. The van der Waals surface area contributed by atoms with Crippen molar-refractivity contribution >= 4 is 11.9 Å². The fourth-order valence-electron chi connectivity index (χ4n) is 2.25. The van der Waals surface area contributed by atoms with E-state index in [1.54, 1.807) is 11.0 Å². The summed E-state index contributed by atoms with van der Waals surface area (Å²) in [6, 6.07) is 1.58. The average Bonchev–Trinajstić information content (AvgIpc) is 2.35. The molecular formula is C15H20N2O4. The molecule has 21 heavy (non-hydrogen) atoms. The van der Waals surface area contributed by atoms with E-state index < -0.39 is 5.60 Å². The minimum atomic E-state index is -0.549. The summed E-state index contributed by atoms with van der Waals surface area (Å²) in [7, 11) is 0. The third-order valence-electron chi connectivity index (χ3n) is 3.24. The third-order valence-corrected chi connectivity index (χ3v) is 3.24. The zero-order chi connectivity index (χ0) is 15.8. The molecule has 0 saturated carbocycles. The van der Waals surface area contributed by atoms with Crippen LogP contribution in [0.2, 0.25) is 0 Å². The van der Waals surface area contributed by atoms with Gasteiger partial charge in [-0.15, -0.1) is 0 Å². The number of hydrogen-bond donors (Lipinski definition) is 1. The number of amides is 1. The fourth-order valence-corrected chi connectivity index (χ4v) is 2.25. The summed E-state index contributed by atoms with van der Waals surface area (Å²) in [6.07, 6.45) is 0.158. The molecule has 0 fully saturated rings. The van der Waals surface area contributed by atoms with Crippen LogP contribution in [0.15, 0.2) is 10.9 Å². The van der Waals surface area contributed by atoms with E-state index in [2.05, 4.69) is 4.98 Å². The van der Waals surface area contributed by atoms with Gasteiger partial charge in [0.2, 0.25) is 0 Å². The standard InChI is InChI=1S/C15H20N2O4/c1-9(18)11-7-10-8-17(14(20)21-15(2,3)4)6-5-12(10)16-13(11)19/h7H,5-6,8H2,1-4H3,(H,16,19). The second-order valence-corrected chi connectivity index (χ2v) is 6.22. The second kappa shape index (κ2) is 5.35. The lowest BCUT2D eigenvalue weighted by Gasteiger charge is -2.31. The maximum atomic E-state index is 12.1. The number of rotatable bonds is 1. The predicted octanol–water partition coefficient (Wildman–Crippen LogP) is 1.87. The van der Waals surface area contributed by atoms with E-state index >= 15 is 0 Å². The highest BCUT2D eigenvalue weighted by Gasteiger charge is 2.26. The number of Topliss-reactive ketones (excluding diaryl/α,β-unsaturated/α-hetero) is 1. The largest absolute Gasteiger partial charge is 0.444 e. The maximum absolute atomic E-state index is 12.1. The summed E-state index contributed by atoms with van der Waals surface area (Å²) in [6.45, 7) is 7.61. The van der Waals surface area contributed by atoms with E-state index in [0.717, 1.165) is 11.3 Å². The van der Waals surface area contributed by atoms with Gasteiger partial charge in [-0.2, -0.15) is 0 Å². The Hall–Kier alpha value is -2.11. The molecule has 2 heterocycles. The molecule has 114 valence electrons. The number of fused-ring (bicyclic) bond motifs is 1. The molecule has 1 amide bonds. The van der Waals surface area contributed by atoms with Gasteiger partial charge in [0, 0.05) is 18.7 Å². The molecule has 6 heteroatoms. The molecule has 0 atom stereocenters. The molecule has 1 aliphatic heterocycles. The van der Waals surface area contributed by atoms with Gasteiger partial charge in [0.15, 0.2) is 5.78 Å². The van der Waals surface area contributed by atoms with E-state index in [1.165, 1.54) is 6.92 Å². The van der Waals surface area contributed by atoms with Crippen LogP contribution in [0.4, 0.5) is 4.79 Å². The zero-order valence-electron chi connectivity index (χ0n) is 12.8. The van der Waals surface area contributed by atoms with Gasteiger partial charge in [-0.25, -0.2) is 4.79 Å². The van der Waals surface area contributed by atoms with Gasteiger partial charge in [0.05, 0.1) is 12.1 Å². The number of aromatic amines is 1. The lowest BCUT2D eigenvalue weighted by atomic mass is 10.0. The highest BCUT2D eigenvalue weighted by atomic mass is 16.6. The van der Waals surface area contributed by atoms with Gasteiger partial charge >= 0.3 is 6.09 Å². The predicted molar refractivity (Wildman–Crippen MR) is 77.4 cm³/mol. The first kappa shape index (κ1) is 15.3. The quantitative estimate of drug-likeness (QED) is 0.801. The second-order valence-electron chi connectivity index (χ2n) is 6.22. The van der Waals surface area contributed by atoms with Crippen molar-refractivity contribution in [1.29, 1.82) is 0 Å². The Morgan fingerprint density at radius 1 is 1.33 bits per heavy atom. The van der Waals surface area contributed by atoms with Crippen molar-refractivity contribution in [2.24, 2.45) is 0 Å². The molecule has 6 nitrogen and oxygen atoms in total. The molecule has 1 aliphatic rings. The van der Waals surface area contributed by atoms with Gasteiger partial charge < -0.3 is 14.6 Å². The minimum Gasteiger partial charge on any atom is -0.444 e. The third kappa shape index (κ3) is 3.51. The number of aromatic nitrogens is 1. The summed E-state index contributed by atoms with van der Waals surface area (Å²) in [5.41, 5.74) is 0.779. The molecule has 1 N–H and O–H groups in total. The number of ether oxygens (including phenoxy) is 1. The van der Waals surface area contributed by atoms with Crippen LogP contribution in [-0.2, 0) is 17.7 Å². The molecule has 0 saturated heterocycles. The highest BCUT2D eigenvalue weighted by molar-refractivity contribution is 5.93. The summed E-state index contributed by atoms with van der Waals surface area (Å²) < 4.78 is 5.34. The minimum absolute atomic E-state index is 0.125. The van der Waals surface area contributed by atoms with Crippen LogP contribution in [0.1, 0.15) is 49.3 Å². The van der Waals surface area contributed by atoms with Crippen LogP contribution >= 0.6 is 0 Å². The summed E-state index contributed by atoms with van der Waals surface area (Å²) in [5, 5.41) is 0. The van der Waals surface area contributed by atoms with Crippen molar-refractivity contribution in [3.8, 4) is 0 Å². The Balaban J connectivity index is 2.24. The van der Waals surface area contributed by atoms with Crippen LogP contribution < -0.4 is 5.56 Å². The number of H-pyrrole nitrogens is 1. The van der Waals surface area contributed by atoms with Crippen molar-refractivity contribution in [1.82, 2.24) is 9.88 Å². The number of hydrogen-bond acceptors (Lipinski definition) is 4. The molecule has 1 aromatic rings. The SMILES string of the molecule is CC(=O)c1cc2c([nH]c1=O)CCN(C(=O)OC(C)(C)C)C2. The van der Waals surface area contributed by atoms with E-state index in [4.69, 9.17) is 4.74 Å². The van der Waals surface area contributed by atoms with Crippen LogP contribution in [0.3, 0.4) is 0 Å². The highest BCUT2D eigenvalue weighted by Crippen LogP contribution is 2.19. The molecular weight excluding hydrogens is 272 g/mol. The average molecular weight is 292 g/mol. The Morgan fingerprint density at radius 2 is 2.00 bits per heavy atom. The molecule has 1 aromatic heterocycles. The number of nitrogens with one attached hydrogen (secondary N) is 1. The molecule has 0 radical (unpaired) electrons. The number of pyridine rings is 1. The van der Waals surface area contributed by atoms with Gasteiger partial charge in [-0.3, -0.25) is 9.59 Å². The van der Waals surface area contributed by atoms with Crippen molar-refractivity contribution in [3.05, 3.63) is 33.2 Å². The first-order valence-electron chi connectivity index (χ1n) is 6.91. The Kier molecular flexibility index (Phi) is 3.89. The van der Waals surface area contributed by atoms with Gasteiger partial charge in [0.1, 0.15) is 5.60 Å². The van der Waals surface area contributed by atoms with E-state index in [1.807, 2.05) is 20.8 Å². The number of carbonyl (C=O) groups is 2. The smallest absolute Gasteiger partial charge is 0.410 e. The Bertz CT molecular complexity index is 640. The summed E-state index contributed by atoms with van der Waals surface area (Å²) >= 11 is 0. The molecule has 0 bridgehead atoms. The van der Waals surface area contributed by atoms with Gasteiger partial charge in [-0.1, -0.05) is 0 Å². The first-order valence-corrected chi connectivity index (χ1v) is 6.91. The van der Waals surface area contributed by atoms with Crippen molar-refractivity contribution in [3.63, 3.8) is 0 Å². The van der Waals surface area contributed by atoms with E-state index in [-0.39, 0.29) is 23.0 Å². The molecule has 0 aliphatic carbocycles. The lowest BCUT2D eigenvalue weighted by molar-refractivity contribution is 0.0222. The molecule has 0 spiro atoms. The summed E-state index contributed by atoms with van der Waals surface area (Å²) in [5.74, 6) is -0.284. The van der Waals surface area contributed by atoms with Gasteiger partial charge in [-0.05, 0) is 39.3 Å². The van der Waals surface area contributed by atoms with Crippen LogP contribution in [0, 0.1) is 0 Å². The number of carbonyl (C=O) groups excluding carboxylic acids is 2. The van der Waals surface area contributed by atoms with Crippen molar-refractivity contribution in [2.75, 3.05) is 6.54 Å². The monoisotopic (exact) mass is 292 g/mol. The van der Waals surface area contributed by atoms with Crippen molar-refractivity contribution < 1.29 is 14.3 Å². The van der Waals surface area contributed by atoms with Crippen LogP contribution in [-0.4, -0.2) is 33.9 Å². The van der Waals surface area contributed by atoms with Gasteiger partial charge in [0.25, 0.3) is 5.56 Å².